The maximum atomic E-state index is 12.3. The Kier molecular flexibility index (Phi) is 4.71. The summed E-state index contributed by atoms with van der Waals surface area (Å²) in [4.78, 5) is 13.6. The molecule has 0 fully saturated rings. The Hall–Kier alpha value is -3.05. The SMILES string of the molecule is O=C(NCc1ccccc1)c1cc2cc(NCc3cccs3)ccc2o1. The van der Waals surface area contributed by atoms with Crippen LogP contribution in [0, 0.1) is 0 Å². The van der Waals surface area contributed by atoms with E-state index in [2.05, 4.69) is 22.1 Å². The van der Waals surface area contributed by atoms with Crippen LogP contribution in [0.25, 0.3) is 11.0 Å². The van der Waals surface area contributed by atoms with E-state index in [0.29, 0.717) is 17.9 Å². The normalized spacial score (nSPS) is 10.8. The molecule has 0 spiro atoms. The zero-order valence-electron chi connectivity index (χ0n) is 14.1. The molecule has 4 nitrogen and oxygen atoms in total. The van der Waals surface area contributed by atoms with Gasteiger partial charge >= 0.3 is 0 Å². The van der Waals surface area contributed by atoms with Gasteiger partial charge in [0.1, 0.15) is 5.58 Å². The molecular weight excluding hydrogens is 344 g/mol. The standard InChI is InChI=1S/C21H18N2O2S/c24-21(23-13-15-5-2-1-3-6-15)20-12-16-11-17(8-9-19(16)25-20)22-14-18-7-4-10-26-18/h1-12,22H,13-14H2,(H,23,24). The Bertz CT molecular complexity index is 1010. The second-order valence-electron chi connectivity index (χ2n) is 5.96. The highest BCUT2D eigenvalue weighted by atomic mass is 32.1. The second kappa shape index (κ2) is 7.45. The minimum absolute atomic E-state index is 0.210. The van der Waals surface area contributed by atoms with Crippen molar-refractivity contribution in [2.45, 2.75) is 13.1 Å². The zero-order chi connectivity index (χ0) is 17.8. The molecule has 0 aliphatic heterocycles. The predicted octanol–water partition coefficient (Wildman–Crippen LogP) is 5.04. The molecule has 0 saturated carbocycles. The maximum Gasteiger partial charge on any atom is 0.287 e. The average Bonchev–Trinajstić information content (AvgIpc) is 3.34. The van der Waals surface area contributed by atoms with E-state index >= 15 is 0 Å². The Balaban J connectivity index is 1.44. The van der Waals surface area contributed by atoms with Gasteiger partial charge in [0, 0.05) is 29.0 Å². The molecule has 0 unspecified atom stereocenters. The van der Waals surface area contributed by atoms with Crippen molar-refractivity contribution in [3.8, 4) is 0 Å². The van der Waals surface area contributed by atoms with Crippen molar-refractivity contribution in [1.29, 1.82) is 0 Å². The molecule has 0 aliphatic rings. The van der Waals surface area contributed by atoms with Gasteiger partial charge in [-0.05, 0) is 41.3 Å². The van der Waals surface area contributed by atoms with Crippen LogP contribution in [-0.2, 0) is 13.1 Å². The first-order valence-corrected chi connectivity index (χ1v) is 9.28. The molecule has 2 heterocycles. The van der Waals surface area contributed by atoms with E-state index in [1.165, 1.54) is 4.88 Å². The van der Waals surface area contributed by atoms with Gasteiger partial charge < -0.3 is 15.1 Å². The summed E-state index contributed by atoms with van der Waals surface area (Å²) < 4.78 is 5.69. The molecule has 1 amide bonds. The van der Waals surface area contributed by atoms with Gasteiger partial charge in [0.05, 0.1) is 0 Å². The molecular formula is C21H18N2O2S. The van der Waals surface area contributed by atoms with E-state index in [1.807, 2.05) is 54.6 Å². The minimum Gasteiger partial charge on any atom is -0.451 e. The number of carbonyl (C=O) groups excluding carboxylic acids is 1. The number of thiophene rings is 1. The van der Waals surface area contributed by atoms with Crippen molar-refractivity contribution in [1.82, 2.24) is 5.32 Å². The summed E-state index contributed by atoms with van der Waals surface area (Å²) in [5.74, 6) is 0.115. The van der Waals surface area contributed by atoms with Gasteiger partial charge in [-0.25, -0.2) is 0 Å². The number of rotatable bonds is 6. The summed E-state index contributed by atoms with van der Waals surface area (Å²) in [5.41, 5.74) is 2.76. The number of hydrogen-bond donors (Lipinski definition) is 2. The molecule has 26 heavy (non-hydrogen) atoms. The summed E-state index contributed by atoms with van der Waals surface area (Å²) in [6, 6.07) is 21.6. The Morgan fingerprint density at radius 2 is 1.85 bits per heavy atom. The zero-order valence-corrected chi connectivity index (χ0v) is 14.9. The monoisotopic (exact) mass is 362 g/mol. The fourth-order valence-electron chi connectivity index (χ4n) is 2.73. The van der Waals surface area contributed by atoms with Crippen LogP contribution >= 0.6 is 11.3 Å². The Labute approximate surface area is 155 Å². The van der Waals surface area contributed by atoms with Crippen LogP contribution in [0.3, 0.4) is 0 Å². The Morgan fingerprint density at radius 3 is 2.65 bits per heavy atom. The lowest BCUT2D eigenvalue weighted by Gasteiger charge is -2.04. The highest BCUT2D eigenvalue weighted by Gasteiger charge is 2.12. The summed E-state index contributed by atoms with van der Waals surface area (Å²) in [6.07, 6.45) is 0. The minimum atomic E-state index is -0.210. The summed E-state index contributed by atoms with van der Waals surface area (Å²) >= 11 is 1.72. The van der Waals surface area contributed by atoms with Crippen molar-refractivity contribution >= 4 is 33.9 Å². The summed E-state index contributed by atoms with van der Waals surface area (Å²) in [6.45, 7) is 1.26. The van der Waals surface area contributed by atoms with Gasteiger partial charge in [0.2, 0.25) is 0 Å². The third-order valence-corrected chi connectivity index (χ3v) is 4.96. The van der Waals surface area contributed by atoms with Crippen molar-refractivity contribution in [3.63, 3.8) is 0 Å². The number of carbonyl (C=O) groups is 1. The maximum absolute atomic E-state index is 12.3. The van der Waals surface area contributed by atoms with Crippen LogP contribution in [0.1, 0.15) is 21.0 Å². The molecule has 130 valence electrons. The highest BCUT2D eigenvalue weighted by Crippen LogP contribution is 2.24. The van der Waals surface area contributed by atoms with Gasteiger partial charge in [-0.1, -0.05) is 36.4 Å². The lowest BCUT2D eigenvalue weighted by molar-refractivity contribution is 0.0925. The lowest BCUT2D eigenvalue weighted by Crippen LogP contribution is -2.22. The van der Waals surface area contributed by atoms with Crippen molar-refractivity contribution < 1.29 is 9.21 Å². The second-order valence-corrected chi connectivity index (χ2v) is 7.00. The fourth-order valence-corrected chi connectivity index (χ4v) is 3.38. The average molecular weight is 362 g/mol. The summed E-state index contributed by atoms with van der Waals surface area (Å²) in [5, 5.41) is 9.25. The first kappa shape index (κ1) is 16.4. The van der Waals surface area contributed by atoms with Crippen molar-refractivity contribution in [2.75, 3.05) is 5.32 Å². The van der Waals surface area contributed by atoms with E-state index in [4.69, 9.17) is 4.42 Å². The van der Waals surface area contributed by atoms with E-state index < -0.39 is 0 Å². The third-order valence-electron chi connectivity index (χ3n) is 4.08. The quantitative estimate of drug-likeness (QED) is 0.505. The lowest BCUT2D eigenvalue weighted by atomic mass is 10.2. The molecule has 0 aliphatic carbocycles. The number of nitrogens with one attached hydrogen (secondary N) is 2. The van der Waals surface area contributed by atoms with E-state index in [1.54, 1.807) is 17.4 Å². The number of furan rings is 1. The fraction of sp³-hybridized carbons (Fsp3) is 0.0952. The summed E-state index contributed by atoms with van der Waals surface area (Å²) in [7, 11) is 0. The van der Waals surface area contributed by atoms with Gasteiger partial charge in [-0.15, -0.1) is 11.3 Å². The number of amides is 1. The van der Waals surface area contributed by atoms with Crippen LogP contribution in [-0.4, -0.2) is 5.91 Å². The molecule has 0 bridgehead atoms. The molecule has 0 radical (unpaired) electrons. The van der Waals surface area contributed by atoms with Crippen molar-refractivity contribution in [3.05, 3.63) is 88.3 Å². The molecule has 4 rings (SSSR count). The largest absolute Gasteiger partial charge is 0.451 e. The molecule has 0 atom stereocenters. The number of fused-ring (bicyclic) bond motifs is 1. The number of hydrogen-bond acceptors (Lipinski definition) is 4. The van der Waals surface area contributed by atoms with E-state index in [-0.39, 0.29) is 5.91 Å². The third kappa shape index (κ3) is 3.78. The molecule has 2 aromatic heterocycles. The van der Waals surface area contributed by atoms with Gasteiger partial charge in [0.25, 0.3) is 5.91 Å². The van der Waals surface area contributed by atoms with Crippen LogP contribution in [0.5, 0.6) is 0 Å². The molecule has 2 N–H and O–H groups in total. The van der Waals surface area contributed by atoms with Crippen LogP contribution in [0.2, 0.25) is 0 Å². The Morgan fingerprint density at radius 1 is 0.962 bits per heavy atom. The first-order valence-electron chi connectivity index (χ1n) is 8.40. The molecule has 4 aromatic rings. The van der Waals surface area contributed by atoms with Gasteiger partial charge in [-0.3, -0.25) is 4.79 Å². The predicted molar refractivity (Wildman–Crippen MR) is 105 cm³/mol. The van der Waals surface area contributed by atoms with Crippen LogP contribution in [0.15, 0.2) is 76.5 Å². The molecule has 5 heteroatoms. The molecule has 0 saturated heterocycles. The smallest absolute Gasteiger partial charge is 0.287 e. The van der Waals surface area contributed by atoms with Crippen LogP contribution < -0.4 is 10.6 Å². The van der Waals surface area contributed by atoms with Crippen molar-refractivity contribution in [2.24, 2.45) is 0 Å². The van der Waals surface area contributed by atoms with E-state index in [0.717, 1.165) is 23.2 Å². The molecule has 2 aromatic carbocycles. The number of anilines is 1. The topological polar surface area (TPSA) is 54.3 Å². The van der Waals surface area contributed by atoms with Crippen LogP contribution in [0.4, 0.5) is 5.69 Å². The van der Waals surface area contributed by atoms with Gasteiger partial charge in [-0.2, -0.15) is 0 Å². The number of benzene rings is 2. The van der Waals surface area contributed by atoms with Gasteiger partial charge in [0.15, 0.2) is 5.76 Å². The first-order chi connectivity index (χ1) is 12.8. The highest BCUT2D eigenvalue weighted by molar-refractivity contribution is 7.09. The van der Waals surface area contributed by atoms with E-state index in [9.17, 15) is 4.79 Å².